The van der Waals surface area contributed by atoms with Crippen LogP contribution < -0.4 is 15.6 Å². The Balaban J connectivity index is 1.87. The molecule has 6 heteroatoms. The summed E-state index contributed by atoms with van der Waals surface area (Å²) in [6.45, 7) is 6.29. The topological polar surface area (TPSA) is 31.7 Å². The lowest BCUT2D eigenvalue weighted by molar-refractivity contribution is -0.884. The fourth-order valence-corrected chi connectivity index (χ4v) is 2.53. The molecule has 104 valence electrons. The van der Waals surface area contributed by atoms with Crippen molar-refractivity contribution in [1.29, 1.82) is 0 Å². The third-order valence-electron chi connectivity index (χ3n) is 3.31. The zero-order valence-corrected chi connectivity index (χ0v) is 12.9. The summed E-state index contributed by atoms with van der Waals surface area (Å²) in [5.41, 5.74) is 5.31. The maximum atomic E-state index is 5.94. The molecule has 0 amide bonds. The van der Waals surface area contributed by atoms with E-state index in [2.05, 4.69) is 22.8 Å². The van der Waals surface area contributed by atoms with E-state index in [0.717, 1.165) is 42.5 Å². The van der Waals surface area contributed by atoms with Gasteiger partial charge in [-0.05, 0) is 42.9 Å². The Morgan fingerprint density at radius 3 is 2.68 bits per heavy atom. The second-order valence-corrected chi connectivity index (χ2v) is 5.81. The van der Waals surface area contributed by atoms with Gasteiger partial charge in [-0.25, -0.2) is 5.01 Å². The second kappa shape index (κ2) is 6.52. The van der Waals surface area contributed by atoms with Crippen LogP contribution in [0.2, 0.25) is 5.02 Å². The zero-order valence-electron chi connectivity index (χ0n) is 11.3. The van der Waals surface area contributed by atoms with Crippen molar-refractivity contribution in [2.45, 2.75) is 6.92 Å². The average Bonchev–Trinajstić information content (AvgIpc) is 2.36. The standard InChI is InChI=1S/C13H19ClN4S/c1-10-9-11(14)3-4-12(10)15-13(19)16-18-7-5-17(2)6-8-18/h3-4,9H,5-8H2,1-2H3,(H2,15,16,19)/p+1. The van der Waals surface area contributed by atoms with Gasteiger partial charge in [-0.2, -0.15) is 0 Å². The van der Waals surface area contributed by atoms with E-state index < -0.39 is 0 Å². The number of hydrazine groups is 1. The van der Waals surface area contributed by atoms with E-state index in [1.54, 1.807) is 4.90 Å². The van der Waals surface area contributed by atoms with Crippen LogP contribution in [0, 0.1) is 6.92 Å². The number of thiocarbonyl (C=S) groups is 1. The summed E-state index contributed by atoms with van der Waals surface area (Å²) in [5.74, 6) is 0. The largest absolute Gasteiger partial charge is 0.335 e. The normalized spacial score (nSPS) is 17.2. The minimum absolute atomic E-state index is 0.630. The Hall–Kier alpha value is -0.880. The third-order valence-corrected chi connectivity index (χ3v) is 3.74. The molecular formula is C13H20ClN4S+. The molecule has 0 aliphatic carbocycles. The fourth-order valence-electron chi connectivity index (χ4n) is 2.06. The van der Waals surface area contributed by atoms with E-state index in [-0.39, 0.29) is 0 Å². The van der Waals surface area contributed by atoms with Gasteiger partial charge in [-0.3, -0.25) is 5.43 Å². The van der Waals surface area contributed by atoms with Crippen LogP contribution in [0.15, 0.2) is 18.2 Å². The van der Waals surface area contributed by atoms with E-state index in [1.165, 1.54) is 0 Å². The van der Waals surface area contributed by atoms with Gasteiger partial charge in [0.25, 0.3) is 0 Å². The third kappa shape index (κ3) is 4.31. The lowest BCUT2D eigenvalue weighted by Crippen LogP contribution is -3.12. The van der Waals surface area contributed by atoms with Crippen molar-refractivity contribution in [3.05, 3.63) is 28.8 Å². The summed E-state index contributed by atoms with van der Waals surface area (Å²) < 4.78 is 0. The first-order chi connectivity index (χ1) is 9.04. The number of aryl methyl sites for hydroxylation is 1. The molecule has 0 bridgehead atoms. The molecule has 0 saturated carbocycles. The van der Waals surface area contributed by atoms with E-state index in [1.807, 2.05) is 25.1 Å². The Morgan fingerprint density at radius 2 is 2.05 bits per heavy atom. The first-order valence-corrected chi connectivity index (χ1v) is 7.23. The second-order valence-electron chi connectivity index (χ2n) is 4.97. The van der Waals surface area contributed by atoms with Crippen LogP contribution in [-0.2, 0) is 0 Å². The molecule has 1 aromatic carbocycles. The maximum absolute atomic E-state index is 5.94. The molecule has 0 aromatic heterocycles. The van der Waals surface area contributed by atoms with Gasteiger partial charge in [-0.15, -0.1) is 0 Å². The van der Waals surface area contributed by atoms with Crippen molar-refractivity contribution >= 4 is 34.6 Å². The summed E-state index contributed by atoms with van der Waals surface area (Å²) in [6, 6.07) is 5.73. The van der Waals surface area contributed by atoms with Crippen molar-refractivity contribution in [2.75, 3.05) is 38.5 Å². The first kappa shape index (κ1) is 14.5. The van der Waals surface area contributed by atoms with Crippen molar-refractivity contribution in [2.24, 2.45) is 0 Å². The van der Waals surface area contributed by atoms with Crippen LogP contribution in [0.3, 0.4) is 0 Å². The van der Waals surface area contributed by atoms with Gasteiger partial charge >= 0.3 is 0 Å². The lowest BCUT2D eigenvalue weighted by atomic mass is 10.2. The summed E-state index contributed by atoms with van der Waals surface area (Å²) in [7, 11) is 2.21. The van der Waals surface area contributed by atoms with Crippen molar-refractivity contribution < 1.29 is 4.90 Å². The summed E-state index contributed by atoms with van der Waals surface area (Å²) >= 11 is 11.3. The minimum Gasteiger partial charge on any atom is -0.335 e. The van der Waals surface area contributed by atoms with Gasteiger partial charge in [0, 0.05) is 10.7 Å². The highest BCUT2D eigenvalue weighted by Gasteiger charge is 2.17. The van der Waals surface area contributed by atoms with Gasteiger partial charge in [0.05, 0.1) is 33.2 Å². The van der Waals surface area contributed by atoms with Gasteiger partial charge in [-0.1, -0.05) is 11.6 Å². The van der Waals surface area contributed by atoms with Crippen LogP contribution in [0.1, 0.15) is 5.56 Å². The van der Waals surface area contributed by atoms with Crippen LogP contribution >= 0.6 is 23.8 Å². The number of hydrogen-bond donors (Lipinski definition) is 3. The maximum Gasteiger partial charge on any atom is 0.185 e. The molecule has 1 aliphatic rings. The Morgan fingerprint density at radius 1 is 1.37 bits per heavy atom. The van der Waals surface area contributed by atoms with Crippen LogP contribution in [0.25, 0.3) is 0 Å². The number of nitrogens with one attached hydrogen (secondary N) is 3. The number of hydrogen-bond acceptors (Lipinski definition) is 2. The SMILES string of the molecule is Cc1cc(Cl)ccc1NC(=S)NN1CC[NH+](C)CC1. The molecular weight excluding hydrogens is 280 g/mol. The monoisotopic (exact) mass is 299 g/mol. The number of likely N-dealkylation sites (N-methyl/N-ethyl adjacent to an activating group) is 1. The Labute approximate surface area is 124 Å². The molecule has 1 aliphatic heterocycles. The smallest absolute Gasteiger partial charge is 0.185 e. The van der Waals surface area contributed by atoms with Gasteiger partial charge in [0.15, 0.2) is 5.11 Å². The highest BCUT2D eigenvalue weighted by atomic mass is 35.5. The molecule has 0 radical (unpaired) electrons. The molecule has 0 unspecified atom stereocenters. The Kier molecular flexibility index (Phi) is 4.99. The summed E-state index contributed by atoms with van der Waals surface area (Å²) in [5, 5.41) is 6.74. The average molecular weight is 300 g/mol. The van der Waals surface area contributed by atoms with Gasteiger partial charge in [0.1, 0.15) is 0 Å². The molecule has 1 heterocycles. The molecule has 1 aromatic rings. The minimum atomic E-state index is 0.630. The molecule has 1 saturated heterocycles. The van der Waals surface area contributed by atoms with Crippen molar-refractivity contribution in [3.63, 3.8) is 0 Å². The quantitative estimate of drug-likeness (QED) is 0.701. The number of nitrogens with zero attached hydrogens (tertiary/aromatic N) is 1. The van der Waals surface area contributed by atoms with Crippen LogP contribution in [0.4, 0.5) is 5.69 Å². The van der Waals surface area contributed by atoms with Crippen LogP contribution in [0.5, 0.6) is 0 Å². The molecule has 4 nitrogen and oxygen atoms in total. The number of rotatable bonds is 2. The predicted octanol–water partition coefficient (Wildman–Crippen LogP) is 0.680. The summed E-state index contributed by atoms with van der Waals surface area (Å²) in [6.07, 6.45) is 0. The predicted molar refractivity (Wildman–Crippen MR) is 83.7 cm³/mol. The van der Waals surface area contributed by atoms with E-state index >= 15 is 0 Å². The van der Waals surface area contributed by atoms with Gasteiger partial charge in [0.2, 0.25) is 0 Å². The number of anilines is 1. The molecule has 0 atom stereocenters. The van der Waals surface area contributed by atoms with Crippen LogP contribution in [-0.4, -0.2) is 43.3 Å². The lowest BCUT2D eigenvalue weighted by Gasteiger charge is -2.31. The zero-order chi connectivity index (χ0) is 13.8. The molecule has 1 fully saturated rings. The molecule has 19 heavy (non-hydrogen) atoms. The van der Waals surface area contributed by atoms with E-state index in [4.69, 9.17) is 23.8 Å². The number of piperazine rings is 1. The first-order valence-electron chi connectivity index (χ1n) is 6.44. The molecule has 0 spiro atoms. The fraction of sp³-hybridized carbons (Fsp3) is 0.462. The van der Waals surface area contributed by atoms with E-state index in [0.29, 0.717) is 5.11 Å². The number of benzene rings is 1. The summed E-state index contributed by atoms with van der Waals surface area (Å²) in [4.78, 5) is 1.56. The number of quaternary nitrogens is 1. The van der Waals surface area contributed by atoms with Crippen molar-refractivity contribution in [3.8, 4) is 0 Å². The highest BCUT2D eigenvalue weighted by Crippen LogP contribution is 2.19. The van der Waals surface area contributed by atoms with Crippen molar-refractivity contribution in [1.82, 2.24) is 10.4 Å². The molecule has 3 N–H and O–H groups in total. The number of halogens is 1. The Bertz CT molecular complexity index is 458. The molecule has 2 rings (SSSR count). The van der Waals surface area contributed by atoms with E-state index in [9.17, 15) is 0 Å². The highest BCUT2D eigenvalue weighted by molar-refractivity contribution is 7.80. The van der Waals surface area contributed by atoms with Gasteiger partial charge < -0.3 is 10.2 Å².